The number of carbonyl (C=O) groups excluding carboxylic acids is 1. The Labute approximate surface area is 141 Å². The first-order valence-corrected chi connectivity index (χ1v) is 8.32. The van der Waals surface area contributed by atoms with Gasteiger partial charge in [-0.3, -0.25) is 9.59 Å². The van der Waals surface area contributed by atoms with E-state index in [2.05, 4.69) is 10.1 Å². The summed E-state index contributed by atoms with van der Waals surface area (Å²) in [5.41, 5.74) is 6.55. The maximum atomic E-state index is 12.3. The molecule has 7 nitrogen and oxygen atoms in total. The van der Waals surface area contributed by atoms with Crippen molar-refractivity contribution in [2.75, 3.05) is 12.3 Å². The number of nitrogens with two attached hydrogens (primary N) is 1. The van der Waals surface area contributed by atoms with Crippen molar-refractivity contribution in [2.24, 2.45) is 0 Å². The summed E-state index contributed by atoms with van der Waals surface area (Å²) in [5.74, 6) is 0.255. The lowest BCUT2D eigenvalue weighted by Crippen LogP contribution is -2.17. The third-order valence-electron chi connectivity index (χ3n) is 3.41. The molecule has 24 heavy (non-hydrogen) atoms. The van der Waals surface area contributed by atoms with Gasteiger partial charge in [0.2, 0.25) is 10.7 Å². The predicted molar refractivity (Wildman–Crippen MR) is 92.8 cm³/mol. The van der Waals surface area contributed by atoms with Gasteiger partial charge in [0.1, 0.15) is 10.8 Å². The first-order valence-electron chi connectivity index (χ1n) is 7.50. The van der Waals surface area contributed by atoms with E-state index >= 15 is 0 Å². The van der Waals surface area contributed by atoms with Crippen LogP contribution < -0.4 is 11.3 Å². The van der Waals surface area contributed by atoms with E-state index in [4.69, 9.17) is 10.5 Å². The molecule has 1 aliphatic rings. The summed E-state index contributed by atoms with van der Waals surface area (Å²) in [5, 5.41) is 5.20. The summed E-state index contributed by atoms with van der Waals surface area (Å²) in [6, 6.07) is 0. The average molecular weight is 344 g/mol. The number of hydrogen-bond donors (Lipinski definition) is 1. The Hall–Kier alpha value is -2.74. The number of fused-ring (bicyclic) bond motifs is 1. The van der Waals surface area contributed by atoms with Crippen LogP contribution in [-0.4, -0.2) is 27.0 Å². The van der Waals surface area contributed by atoms with E-state index in [0.29, 0.717) is 17.1 Å². The lowest BCUT2D eigenvalue weighted by atomic mass is 10.0. The monoisotopic (exact) mass is 344 g/mol. The quantitative estimate of drug-likeness (QED) is 0.907. The fourth-order valence-electron chi connectivity index (χ4n) is 2.25. The van der Waals surface area contributed by atoms with Gasteiger partial charge in [0.05, 0.1) is 12.2 Å². The molecule has 0 aliphatic heterocycles. The lowest BCUT2D eigenvalue weighted by molar-refractivity contribution is -0.114. The van der Waals surface area contributed by atoms with Gasteiger partial charge in [-0.15, -0.1) is 0 Å². The van der Waals surface area contributed by atoms with Gasteiger partial charge in [-0.05, 0) is 37.1 Å². The first-order chi connectivity index (χ1) is 11.5. The van der Waals surface area contributed by atoms with E-state index in [9.17, 15) is 9.59 Å². The van der Waals surface area contributed by atoms with E-state index in [1.54, 1.807) is 25.2 Å². The molecule has 0 spiro atoms. The van der Waals surface area contributed by atoms with Crippen LogP contribution in [0.5, 0.6) is 0 Å². The molecular formula is C16H16N4O3S. The molecule has 1 aliphatic carbocycles. The van der Waals surface area contributed by atoms with Crippen LogP contribution >= 0.6 is 11.3 Å². The first kappa shape index (κ1) is 16.1. The second-order valence-electron chi connectivity index (χ2n) is 5.04. The van der Waals surface area contributed by atoms with Crippen molar-refractivity contribution in [3.8, 4) is 0 Å². The number of nitrogen functional groups attached to an aromatic ring is 1. The zero-order valence-electron chi connectivity index (χ0n) is 13.3. The summed E-state index contributed by atoms with van der Waals surface area (Å²) in [6.45, 7) is 4.15. The van der Waals surface area contributed by atoms with Gasteiger partial charge in [0.25, 0.3) is 5.56 Å². The molecule has 0 radical (unpaired) electrons. The van der Waals surface area contributed by atoms with E-state index in [-0.39, 0.29) is 22.9 Å². The molecule has 2 aromatic heterocycles. The van der Waals surface area contributed by atoms with Crippen LogP contribution in [0.25, 0.3) is 11.0 Å². The zero-order chi connectivity index (χ0) is 17.3. The highest BCUT2D eigenvalue weighted by atomic mass is 32.1. The Bertz CT molecular complexity index is 966. The molecule has 2 heterocycles. The normalized spacial score (nSPS) is 16.0. The highest BCUT2D eigenvalue weighted by molar-refractivity contribution is 7.16. The molecule has 3 rings (SSSR count). The molecule has 2 N–H and O–H groups in total. The standard InChI is InChI=1S/C16H16N4O3S/c1-3-13-19-20-14(17)10(15(22)18-16(20)24-13)7-9-5-6-11(21)12(8-9)23-4-2/h5-8H,3-4,17H2,1-2H3/b9-7+. The van der Waals surface area contributed by atoms with Gasteiger partial charge in [-0.25, -0.2) is 0 Å². The smallest absolute Gasteiger partial charge is 0.283 e. The number of aryl methyl sites for hydroxylation is 1. The topological polar surface area (TPSA) is 99.6 Å². The highest BCUT2D eigenvalue weighted by Crippen LogP contribution is 2.21. The SMILES string of the molecule is CCOC1=C/C(=C/c2c(N)n3nc(CC)sc3nc2=O)C=CC1=O. The molecule has 124 valence electrons. The van der Waals surface area contributed by atoms with Crippen LogP contribution in [0.2, 0.25) is 0 Å². The number of allylic oxidation sites excluding steroid dienone is 4. The summed E-state index contributed by atoms with van der Waals surface area (Å²) in [4.78, 5) is 28.5. The summed E-state index contributed by atoms with van der Waals surface area (Å²) in [7, 11) is 0. The minimum absolute atomic E-state index is 0.209. The average Bonchev–Trinajstić information content (AvgIpc) is 2.98. The lowest BCUT2D eigenvalue weighted by Gasteiger charge is -2.10. The molecule has 0 saturated carbocycles. The molecule has 0 saturated heterocycles. The van der Waals surface area contributed by atoms with Crippen molar-refractivity contribution in [1.29, 1.82) is 0 Å². The molecular weight excluding hydrogens is 328 g/mol. The molecule has 0 amide bonds. The van der Waals surface area contributed by atoms with Crippen molar-refractivity contribution in [3.63, 3.8) is 0 Å². The minimum Gasteiger partial charge on any atom is -0.490 e. The van der Waals surface area contributed by atoms with Gasteiger partial charge in [0, 0.05) is 0 Å². The van der Waals surface area contributed by atoms with Crippen LogP contribution in [0.4, 0.5) is 5.82 Å². The fraction of sp³-hybridized carbons (Fsp3) is 0.250. The highest BCUT2D eigenvalue weighted by Gasteiger charge is 2.16. The summed E-state index contributed by atoms with van der Waals surface area (Å²) in [6.07, 6.45) is 6.91. The third-order valence-corrected chi connectivity index (χ3v) is 4.47. The van der Waals surface area contributed by atoms with Crippen molar-refractivity contribution in [2.45, 2.75) is 20.3 Å². The van der Waals surface area contributed by atoms with Crippen molar-refractivity contribution in [1.82, 2.24) is 14.6 Å². The van der Waals surface area contributed by atoms with Crippen LogP contribution in [0.1, 0.15) is 24.4 Å². The van der Waals surface area contributed by atoms with Crippen LogP contribution in [-0.2, 0) is 16.0 Å². The third kappa shape index (κ3) is 2.88. The second kappa shape index (κ2) is 6.40. The van der Waals surface area contributed by atoms with Gasteiger partial charge in [-0.1, -0.05) is 24.3 Å². The number of hydrogen-bond acceptors (Lipinski definition) is 7. The Morgan fingerprint density at radius 2 is 2.12 bits per heavy atom. The molecule has 0 aromatic carbocycles. The molecule has 8 heteroatoms. The summed E-state index contributed by atoms with van der Waals surface area (Å²) >= 11 is 1.34. The van der Waals surface area contributed by atoms with Gasteiger partial charge < -0.3 is 10.5 Å². The Morgan fingerprint density at radius 1 is 1.33 bits per heavy atom. The number of ether oxygens (including phenoxy) is 1. The van der Waals surface area contributed by atoms with Crippen molar-refractivity contribution < 1.29 is 9.53 Å². The number of ketones is 1. The van der Waals surface area contributed by atoms with E-state index < -0.39 is 5.56 Å². The Balaban J connectivity index is 2.11. The molecule has 0 unspecified atom stereocenters. The Morgan fingerprint density at radius 3 is 2.83 bits per heavy atom. The molecule has 2 aromatic rings. The number of aromatic nitrogens is 3. The van der Waals surface area contributed by atoms with Crippen LogP contribution in [0.15, 0.2) is 34.4 Å². The van der Waals surface area contributed by atoms with Crippen LogP contribution in [0.3, 0.4) is 0 Å². The van der Waals surface area contributed by atoms with E-state index in [0.717, 1.165) is 11.4 Å². The predicted octanol–water partition coefficient (Wildman–Crippen LogP) is 1.74. The summed E-state index contributed by atoms with van der Waals surface area (Å²) < 4.78 is 6.76. The van der Waals surface area contributed by atoms with Gasteiger partial charge in [-0.2, -0.15) is 14.6 Å². The fourth-order valence-corrected chi connectivity index (χ4v) is 3.08. The minimum atomic E-state index is -0.428. The van der Waals surface area contributed by atoms with Gasteiger partial charge >= 0.3 is 0 Å². The second-order valence-corrected chi connectivity index (χ2v) is 6.08. The molecule has 0 atom stereocenters. The van der Waals surface area contributed by atoms with E-state index in [1.807, 2.05) is 6.92 Å². The van der Waals surface area contributed by atoms with Crippen molar-refractivity contribution >= 4 is 34.0 Å². The number of rotatable bonds is 4. The molecule has 0 fully saturated rings. The maximum Gasteiger partial charge on any atom is 0.283 e. The largest absolute Gasteiger partial charge is 0.490 e. The Kier molecular flexibility index (Phi) is 4.30. The maximum absolute atomic E-state index is 12.3. The van der Waals surface area contributed by atoms with Crippen LogP contribution in [0, 0.1) is 0 Å². The number of anilines is 1. The van der Waals surface area contributed by atoms with Gasteiger partial charge in [0.15, 0.2) is 5.76 Å². The zero-order valence-corrected chi connectivity index (χ0v) is 14.1. The number of carbonyl (C=O) groups is 1. The molecule has 0 bridgehead atoms. The number of nitrogens with zero attached hydrogens (tertiary/aromatic N) is 3. The van der Waals surface area contributed by atoms with Crippen molar-refractivity contribution in [3.05, 3.63) is 50.5 Å². The van der Waals surface area contributed by atoms with E-state index in [1.165, 1.54) is 21.9 Å².